The molecule has 2 atom stereocenters. The van der Waals surface area contributed by atoms with Crippen LogP contribution in [-0.2, 0) is 14.3 Å². The number of nitrogens with zero attached hydrogens (tertiary/aromatic N) is 1. The molecule has 0 N–H and O–H groups in total. The zero-order valence-electron chi connectivity index (χ0n) is 10.9. The number of rotatable bonds is 5. The van der Waals surface area contributed by atoms with Gasteiger partial charge in [-0.25, -0.2) is 4.79 Å². The van der Waals surface area contributed by atoms with Gasteiger partial charge in [0.25, 0.3) is 0 Å². The summed E-state index contributed by atoms with van der Waals surface area (Å²) >= 11 is 0. The number of amides is 1. The fourth-order valence-corrected chi connectivity index (χ4v) is 2.00. The maximum Gasteiger partial charge on any atom is 0.410 e. The Morgan fingerprint density at radius 2 is 2.18 bits per heavy atom. The summed E-state index contributed by atoms with van der Waals surface area (Å²) in [7, 11) is 1.37. The van der Waals surface area contributed by atoms with Crippen molar-refractivity contribution in [3.8, 4) is 0 Å². The topological polar surface area (TPSA) is 55.8 Å². The summed E-state index contributed by atoms with van der Waals surface area (Å²) in [6.45, 7) is 7.04. The van der Waals surface area contributed by atoms with Crippen LogP contribution in [0.3, 0.4) is 0 Å². The second kappa shape index (κ2) is 5.89. The molecule has 0 aliphatic carbocycles. The van der Waals surface area contributed by atoms with Gasteiger partial charge in [-0.15, -0.1) is 0 Å². The van der Waals surface area contributed by atoms with Gasteiger partial charge in [-0.05, 0) is 11.8 Å². The molecule has 1 saturated heterocycles. The predicted octanol–water partition coefficient (Wildman–Crippen LogP) is 1.66. The summed E-state index contributed by atoms with van der Waals surface area (Å²) in [5, 5.41) is 0. The first-order valence-electron chi connectivity index (χ1n) is 5.96. The third kappa shape index (κ3) is 3.61. The Bertz CT molecular complexity index is 290. The molecule has 0 unspecified atom stereocenters. The summed E-state index contributed by atoms with van der Waals surface area (Å²) in [6.07, 6.45) is 0.0471. The maximum absolute atomic E-state index is 11.6. The highest BCUT2D eigenvalue weighted by molar-refractivity contribution is 5.71. The lowest BCUT2D eigenvalue weighted by atomic mass is 10.0. The van der Waals surface area contributed by atoms with Crippen LogP contribution in [0.1, 0.15) is 27.2 Å². The third-order valence-electron chi connectivity index (χ3n) is 3.03. The van der Waals surface area contributed by atoms with Gasteiger partial charge in [0, 0.05) is 13.0 Å². The molecule has 1 aliphatic rings. The average molecular weight is 243 g/mol. The number of hydrogen-bond acceptors (Lipinski definition) is 4. The smallest absolute Gasteiger partial charge is 0.410 e. The lowest BCUT2D eigenvalue weighted by Gasteiger charge is -2.26. The Labute approximate surface area is 102 Å². The van der Waals surface area contributed by atoms with Gasteiger partial charge >= 0.3 is 12.1 Å². The molecule has 5 nitrogen and oxygen atoms in total. The Balaban J connectivity index is 2.53. The Morgan fingerprint density at radius 3 is 2.71 bits per heavy atom. The molecule has 1 aliphatic heterocycles. The van der Waals surface area contributed by atoms with Crippen LogP contribution in [0.5, 0.6) is 0 Å². The summed E-state index contributed by atoms with van der Waals surface area (Å²) in [4.78, 5) is 24.4. The molecule has 1 rings (SSSR count). The van der Waals surface area contributed by atoms with Crippen molar-refractivity contribution in [2.75, 3.05) is 20.3 Å². The summed E-state index contributed by atoms with van der Waals surface area (Å²) in [6, 6.07) is 0.114. The lowest BCUT2D eigenvalue weighted by Crippen LogP contribution is -2.40. The van der Waals surface area contributed by atoms with E-state index in [9.17, 15) is 9.59 Å². The fraction of sp³-hybridized carbons (Fsp3) is 0.833. The highest BCUT2D eigenvalue weighted by atomic mass is 16.6. The molecule has 0 aromatic rings. The number of cyclic esters (lactones) is 1. The summed E-state index contributed by atoms with van der Waals surface area (Å²) in [5.74, 6) is 0.187. The predicted molar refractivity (Wildman–Crippen MR) is 62.5 cm³/mol. The quantitative estimate of drug-likeness (QED) is 0.689. The Kier molecular flexibility index (Phi) is 4.78. The molecule has 0 aromatic heterocycles. The number of hydrogen-bond donors (Lipinski definition) is 0. The van der Waals surface area contributed by atoms with Crippen LogP contribution < -0.4 is 0 Å². The minimum atomic E-state index is -0.277. The molecule has 5 heteroatoms. The molecule has 17 heavy (non-hydrogen) atoms. The molecule has 1 heterocycles. The zero-order valence-corrected chi connectivity index (χ0v) is 10.9. The van der Waals surface area contributed by atoms with Crippen molar-refractivity contribution in [1.29, 1.82) is 0 Å². The van der Waals surface area contributed by atoms with Gasteiger partial charge < -0.3 is 14.4 Å². The molecule has 0 bridgehead atoms. The van der Waals surface area contributed by atoms with Crippen LogP contribution in [0.15, 0.2) is 0 Å². The van der Waals surface area contributed by atoms with Crippen molar-refractivity contribution in [3.05, 3.63) is 0 Å². The van der Waals surface area contributed by atoms with Crippen molar-refractivity contribution in [2.24, 2.45) is 11.8 Å². The monoisotopic (exact) mass is 243 g/mol. The largest absolute Gasteiger partial charge is 0.469 e. The molecule has 98 valence electrons. The van der Waals surface area contributed by atoms with E-state index in [0.29, 0.717) is 25.5 Å². The molecule has 0 saturated carbocycles. The molecule has 1 fully saturated rings. The Morgan fingerprint density at radius 1 is 1.53 bits per heavy atom. The van der Waals surface area contributed by atoms with Crippen molar-refractivity contribution < 1.29 is 19.1 Å². The minimum Gasteiger partial charge on any atom is -0.469 e. The number of ether oxygens (including phenoxy) is 2. The van der Waals surface area contributed by atoms with Crippen molar-refractivity contribution in [2.45, 2.75) is 33.2 Å². The van der Waals surface area contributed by atoms with Crippen LogP contribution in [0.4, 0.5) is 4.79 Å². The van der Waals surface area contributed by atoms with Gasteiger partial charge in [-0.3, -0.25) is 4.79 Å². The molecule has 0 aromatic carbocycles. The minimum absolute atomic E-state index is 0.0781. The number of esters is 1. The molecule has 0 spiro atoms. The van der Waals surface area contributed by atoms with Gasteiger partial charge in [0.15, 0.2) is 0 Å². The Hall–Kier alpha value is -1.26. The van der Waals surface area contributed by atoms with E-state index in [-0.39, 0.29) is 24.0 Å². The molecule has 1 amide bonds. The van der Waals surface area contributed by atoms with E-state index in [1.54, 1.807) is 4.90 Å². The van der Waals surface area contributed by atoms with Crippen LogP contribution >= 0.6 is 0 Å². The van der Waals surface area contributed by atoms with E-state index in [1.165, 1.54) is 7.11 Å². The SMILES string of the molecule is COC(=O)C[C@@H](C)CN1C(=O)OC[C@@H]1C(C)C. The van der Waals surface area contributed by atoms with Crippen molar-refractivity contribution >= 4 is 12.1 Å². The van der Waals surface area contributed by atoms with Crippen LogP contribution in [0, 0.1) is 11.8 Å². The first kappa shape index (κ1) is 13.8. The molecular weight excluding hydrogens is 222 g/mol. The first-order chi connectivity index (χ1) is 7.95. The van der Waals surface area contributed by atoms with Gasteiger partial charge in [-0.2, -0.15) is 0 Å². The van der Waals surface area contributed by atoms with E-state index in [2.05, 4.69) is 18.6 Å². The average Bonchev–Trinajstić information content (AvgIpc) is 2.60. The third-order valence-corrected chi connectivity index (χ3v) is 3.03. The van der Waals surface area contributed by atoms with Crippen LogP contribution in [0.2, 0.25) is 0 Å². The van der Waals surface area contributed by atoms with Crippen LogP contribution in [-0.4, -0.2) is 43.3 Å². The van der Waals surface area contributed by atoms with Crippen molar-refractivity contribution in [1.82, 2.24) is 4.90 Å². The van der Waals surface area contributed by atoms with Gasteiger partial charge in [0.2, 0.25) is 0 Å². The van der Waals surface area contributed by atoms with Crippen molar-refractivity contribution in [3.63, 3.8) is 0 Å². The molecular formula is C12H21NO4. The van der Waals surface area contributed by atoms with E-state index in [0.717, 1.165) is 0 Å². The van der Waals surface area contributed by atoms with Gasteiger partial charge in [0.1, 0.15) is 6.61 Å². The fourth-order valence-electron chi connectivity index (χ4n) is 2.00. The highest BCUT2D eigenvalue weighted by Gasteiger charge is 2.35. The number of carbonyl (C=O) groups excluding carboxylic acids is 2. The summed E-state index contributed by atoms with van der Waals surface area (Å²) < 4.78 is 9.66. The van der Waals surface area contributed by atoms with E-state index in [1.807, 2.05) is 6.92 Å². The zero-order chi connectivity index (χ0) is 13.0. The second-order valence-electron chi connectivity index (χ2n) is 4.93. The second-order valence-corrected chi connectivity index (χ2v) is 4.93. The first-order valence-corrected chi connectivity index (χ1v) is 5.96. The van der Waals surface area contributed by atoms with Gasteiger partial charge in [0.05, 0.1) is 13.2 Å². The maximum atomic E-state index is 11.6. The number of carbonyl (C=O) groups is 2. The van der Waals surface area contributed by atoms with Crippen LogP contribution in [0.25, 0.3) is 0 Å². The van der Waals surface area contributed by atoms with E-state index in [4.69, 9.17) is 4.74 Å². The van der Waals surface area contributed by atoms with Gasteiger partial charge in [-0.1, -0.05) is 20.8 Å². The van der Waals surface area contributed by atoms with E-state index >= 15 is 0 Å². The summed E-state index contributed by atoms with van der Waals surface area (Å²) in [5.41, 5.74) is 0. The highest BCUT2D eigenvalue weighted by Crippen LogP contribution is 2.21. The molecule has 0 radical (unpaired) electrons. The lowest BCUT2D eigenvalue weighted by molar-refractivity contribution is -0.141. The normalized spacial score (nSPS) is 21.6. The van der Waals surface area contributed by atoms with E-state index < -0.39 is 0 Å². The standard InChI is InChI=1S/C12H21NO4/c1-8(2)10-7-17-12(15)13(10)6-9(3)5-11(14)16-4/h8-10H,5-7H2,1-4H3/t9-,10-/m1/s1. The number of methoxy groups -OCH3 is 1.